The Bertz CT molecular complexity index is 837. The minimum Gasteiger partial charge on any atom is -0.497 e. The van der Waals surface area contributed by atoms with Gasteiger partial charge in [-0.25, -0.2) is 0 Å². The summed E-state index contributed by atoms with van der Waals surface area (Å²) in [5.41, 5.74) is 0. The van der Waals surface area contributed by atoms with E-state index in [0.29, 0.717) is 0 Å². The minimum absolute atomic E-state index is 0.733. The summed E-state index contributed by atoms with van der Waals surface area (Å²) in [6.07, 6.45) is 7.47. The molecule has 1 aliphatic rings. The maximum absolute atomic E-state index is 4.80. The first-order valence-corrected chi connectivity index (χ1v) is 7.49. The summed E-state index contributed by atoms with van der Waals surface area (Å²) in [4.78, 5) is 0. The lowest BCUT2D eigenvalue weighted by Gasteiger charge is -2.09. The predicted octanol–water partition coefficient (Wildman–Crippen LogP) is 5.67. The lowest BCUT2D eigenvalue weighted by atomic mass is 9.95. The second kappa shape index (κ2) is 5.53. The Morgan fingerprint density at radius 3 is 1.36 bits per heavy atom. The third-order valence-electron chi connectivity index (χ3n) is 4.01. The second-order valence-electron chi connectivity index (χ2n) is 5.38. The van der Waals surface area contributed by atoms with Crippen molar-refractivity contribution in [1.82, 2.24) is 0 Å². The van der Waals surface area contributed by atoms with Crippen LogP contribution in [-0.2, 0) is 4.74 Å². The van der Waals surface area contributed by atoms with Gasteiger partial charge in [0.25, 0.3) is 0 Å². The molecular formula is C21H16O. The molecule has 4 aromatic carbocycles. The highest BCUT2D eigenvalue weighted by atomic mass is 16.5. The number of benzene rings is 4. The Kier molecular flexibility index (Phi) is 3.24. The van der Waals surface area contributed by atoms with Crippen molar-refractivity contribution in [2.45, 2.75) is 0 Å². The molecule has 0 atom stereocenters. The van der Waals surface area contributed by atoms with E-state index >= 15 is 0 Å². The molecule has 0 spiro atoms. The zero-order chi connectivity index (χ0) is 14.8. The van der Waals surface area contributed by atoms with Crippen LogP contribution in [0.3, 0.4) is 0 Å². The molecule has 0 radical (unpaired) electrons. The van der Waals surface area contributed by atoms with Gasteiger partial charge in [0, 0.05) is 0 Å². The maximum atomic E-state index is 4.80. The molecule has 22 heavy (non-hydrogen) atoms. The van der Waals surface area contributed by atoms with Gasteiger partial charge in [-0.1, -0.05) is 66.7 Å². The Morgan fingerprint density at radius 2 is 1.09 bits per heavy atom. The second-order valence-corrected chi connectivity index (χ2v) is 5.38. The van der Waals surface area contributed by atoms with Gasteiger partial charge in [-0.15, -0.1) is 0 Å². The van der Waals surface area contributed by atoms with Crippen LogP contribution in [-0.4, -0.2) is 6.61 Å². The molecule has 5 rings (SSSR count). The van der Waals surface area contributed by atoms with Crippen LogP contribution in [0.25, 0.3) is 32.3 Å². The average molecular weight is 284 g/mol. The van der Waals surface area contributed by atoms with Crippen molar-refractivity contribution in [3.05, 3.63) is 85.2 Å². The summed E-state index contributed by atoms with van der Waals surface area (Å²) >= 11 is 0. The smallest absolute Gasteiger partial charge is 0.106 e. The molecule has 1 nitrogen and oxygen atoms in total. The molecule has 0 aliphatic carbocycles. The standard InChI is InChI=1S/C16H10.C5H6O/c1-3-11-7-9-13-5-2-6-14-10-8-12(4-1)15(11)16(13)14;1-2-4-6-5-3-1/h1-10H;1-4H,5H2. The van der Waals surface area contributed by atoms with Gasteiger partial charge < -0.3 is 4.74 Å². The molecule has 4 aromatic rings. The molecule has 0 aromatic heterocycles. The number of allylic oxidation sites excluding steroid dienone is 2. The SMILES string of the molecule is C1=CCOC=C1.c1cc2ccc3cccc4ccc(c1)c2c34. The van der Waals surface area contributed by atoms with Crippen LogP contribution in [0.1, 0.15) is 0 Å². The topological polar surface area (TPSA) is 9.23 Å². The van der Waals surface area contributed by atoms with E-state index in [1.807, 2.05) is 18.2 Å². The Balaban J connectivity index is 0.000000177. The zero-order valence-electron chi connectivity index (χ0n) is 12.2. The van der Waals surface area contributed by atoms with Gasteiger partial charge in [-0.2, -0.15) is 0 Å². The normalized spacial score (nSPS) is 13.3. The fraction of sp³-hybridized carbons (Fsp3) is 0.0476. The Hall–Kier alpha value is -2.80. The van der Waals surface area contributed by atoms with Gasteiger partial charge in [0.1, 0.15) is 6.61 Å². The molecule has 0 N–H and O–H groups in total. The van der Waals surface area contributed by atoms with E-state index in [1.165, 1.54) is 32.3 Å². The molecule has 0 saturated heterocycles. The van der Waals surface area contributed by atoms with Gasteiger partial charge >= 0.3 is 0 Å². The first-order valence-electron chi connectivity index (χ1n) is 7.49. The van der Waals surface area contributed by atoms with Crippen molar-refractivity contribution in [2.24, 2.45) is 0 Å². The van der Waals surface area contributed by atoms with Gasteiger partial charge in [-0.05, 0) is 44.5 Å². The first-order chi connectivity index (χ1) is 10.9. The number of hydrogen-bond acceptors (Lipinski definition) is 1. The summed E-state index contributed by atoms with van der Waals surface area (Å²) in [5.74, 6) is 0. The van der Waals surface area contributed by atoms with E-state index in [9.17, 15) is 0 Å². The molecule has 1 heterocycles. The molecule has 0 amide bonds. The van der Waals surface area contributed by atoms with E-state index < -0.39 is 0 Å². The van der Waals surface area contributed by atoms with Crippen molar-refractivity contribution in [2.75, 3.05) is 6.61 Å². The van der Waals surface area contributed by atoms with Crippen molar-refractivity contribution < 1.29 is 4.74 Å². The molecular weight excluding hydrogens is 268 g/mol. The fourth-order valence-electron chi connectivity index (χ4n) is 3.02. The van der Waals surface area contributed by atoms with Crippen molar-refractivity contribution in [1.29, 1.82) is 0 Å². The summed E-state index contributed by atoms with van der Waals surface area (Å²) in [6, 6.07) is 21.9. The van der Waals surface area contributed by atoms with Gasteiger partial charge in [0.05, 0.1) is 6.26 Å². The summed E-state index contributed by atoms with van der Waals surface area (Å²) in [7, 11) is 0. The highest BCUT2D eigenvalue weighted by molar-refractivity contribution is 6.22. The zero-order valence-corrected chi connectivity index (χ0v) is 12.2. The summed E-state index contributed by atoms with van der Waals surface area (Å²) < 4.78 is 4.80. The van der Waals surface area contributed by atoms with Gasteiger partial charge in [-0.3, -0.25) is 0 Å². The lowest BCUT2D eigenvalue weighted by Crippen LogP contribution is -1.82. The van der Waals surface area contributed by atoms with Crippen molar-refractivity contribution >= 4 is 32.3 Å². The van der Waals surface area contributed by atoms with E-state index in [2.05, 4.69) is 60.7 Å². The van der Waals surface area contributed by atoms with Crippen LogP contribution in [0, 0.1) is 0 Å². The monoisotopic (exact) mass is 284 g/mol. The van der Waals surface area contributed by atoms with E-state index in [1.54, 1.807) is 6.26 Å². The van der Waals surface area contributed by atoms with Crippen LogP contribution in [0.5, 0.6) is 0 Å². The summed E-state index contributed by atoms with van der Waals surface area (Å²) in [5, 5.41) is 8.14. The van der Waals surface area contributed by atoms with Crippen LogP contribution >= 0.6 is 0 Å². The highest BCUT2D eigenvalue weighted by Gasteiger charge is 2.05. The van der Waals surface area contributed by atoms with Crippen LogP contribution in [0.2, 0.25) is 0 Å². The number of ether oxygens (including phenoxy) is 1. The van der Waals surface area contributed by atoms with Gasteiger partial charge in [0.15, 0.2) is 0 Å². The van der Waals surface area contributed by atoms with Crippen LogP contribution in [0.15, 0.2) is 85.2 Å². The molecule has 0 fully saturated rings. The highest BCUT2D eigenvalue weighted by Crippen LogP contribution is 2.33. The van der Waals surface area contributed by atoms with E-state index in [4.69, 9.17) is 4.74 Å². The average Bonchev–Trinajstić information content (AvgIpc) is 2.62. The fourth-order valence-corrected chi connectivity index (χ4v) is 3.02. The number of hydrogen-bond donors (Lipinski definition) is 0. The van der Waals surface area contributed by atoms with E-state index in [0.717, 1.165) is 6.61 Å². The number of rotatable bonds is 0. The minimum atomic E-state index is 0.733. The van der Waals surface area contributed by atoms with Crippen molar-refractivity contribution in [3.8, 4) is 0 Å². The third-order valence-corrected chi connectivity index (χ3v) is 4.01. The quantitative estimate of drug-likeness (QED) is 0.378. The molecule has 1 heteroatoms. The lowest BCUT2D eigenvalue weighted by molar-refractivity contribution is 0.286. The molecule has 1 aliphatic heterocycles. The Morgan fingerprint density at radius 1 is 0.591 bits per heavy atom. The summed E-state index contributed by atoms with van der Waals surface area (Å²) in [6.45, 7) is 0.733. The largest absolute Gasteiger partial charge is 0.497 e. The maximum Gasteiger partial charge on any atom is 0.106 e. The van der Waals surface area contributed by atoms with Gasteiger partial charge in [0.2, 0.25) is 0 Å². The predicted molar refractivity (Wildman–Crippen MR) is 94.4 cm³/mol. The van der Waals surface area contributed by atoms with E-state index in [-0.39, 0.29) is 0 Å². The Labute approximate surface area is 129 Å². The van der Waals surface area contributed by atoms with Crippen LogP contribution in [0.4, 0.5) is 0 Å². The molecule has 0 saturated carbocycles. The molecule has 0 bridgehead atoms. The molecule has 106 valence electrons. The van der Waals surface area contributed by atoms with Crippen molar-refractivity contribution in [3.63, 3.8) is 0 Å². The first kappa shape index (κ1) is 12.9. The third kappa shape index (κ3) is 2.21. The van der Waals surface area contributed by atoms with Crippen LogP contribution < -0.4 is 0 Å². The molecule has 0 unspecified atom stereocenters.